The summed E-state index contributed by atoms with van der Waals surface area (Å²) in [5.74, 6) is -0.0531. The molecule has 1 fully saturated rings. The third-order valence-corrected chi connectivity index (χ3v) is 3.08. The van der Waals surface area contributed by atoms with Crippen LogP contribution in [0.3, 0.4) is 0 Å². The zero-order valence-corrected chi connectivity index (χ0v) is 10.5. The van der Waals surface area contributed by atoms with Crippen LogP contribution in [0.1, 0.15) is 23.2 Å². The minimum Gasteiger partial charge on any atom is -0.383 e. The van der Waals surface area contributed by atoms with Gasteiger partial charge in [-0.1, -0.05) is 11.6 Å². The highest BCUT2D eigenvalue weighted by molar-refractivity contribution is 6.32. The van der Waals surface area contributed by atoms with Crippen LogP contribution in [0.5, 0.6) is 0 Å². The normalized spacial score (nSPS) is 14.7. The molecule has 0 saturated heterocycles. The van der Waals surface area contributed by atoms with E-state index in [1.165, 1.54) is 0 Å². The van der Waals surface area contributed by atoms with E-state index in [-0.39, 0.29) is 11.1 Å². The second-order valence-corrected chi connectivity index (χ2v) is 4.42. The number of methoxy groups -OCH3 is 1. The van der Waals surface area contributed by atoms with E-state index in [9.17, 15) is 4.79 Å². The van der Waals surface area contributed by atoms with Gasteiger partial charge in [0.2, 0.25) is 0 Å². The molecule has 0 aliphatic heterocycles. The maximum Gasteiger partial charge on any atom is 0.257 e. The molecule has 1 aliphatic rings. The summed E-state index contributed by atoms with van der Waals surface area (Å²) in [6, 6.07) is 3.77. The van der Waals surface area contributed by atoms with Crippen LogP contribution in [0.2, 0.25) is 5.15 Å². The first kappa shape index (κ1) is 12.3. The Kier molecular flexibility index (Phi) is 3.97. The predicted octanol–water partition coefficient (Wildman–Crippen LogP) is 1.99. The number of amides is 1. The van der Waals surface area contributed by atoms with Gasteiger partial charge in [0.15, 0.2) is 0 Å². The molecule has 1 heterocycles. The molecule has 0 unspecified atom stereocenters. The number of rotatable bonds is 5. The van der Waals surface area contributed by atoms with E-state index in [1.807, 2.05) is 4.90 Å². The fourth-order valence-electron chi connectivity index (χ4n) is 1.73. The lowest BCUT2D eigenvalue weighted by molar-refractivity contribution is 0.0680. The van der Waals surface area contributed by atoms with Gasteiger partial charge in [0.1, 0.15) is 5.15 Å². The number of halogens is 1. The van der Waals surface area contributed by atoms with E-state index in [0.717, 1.165) is 12.8 Å². The molecule has 0 radical (unpaired) electrons. The van der Waals surface area contributed by atoms with Crippen LogP contribution in [0.4, 0.5) is 0 Å². The molecule has 1 aromatic rings. The largest absolute Gasteiger partial charge is 0.383 e. The first-order chi connectivity index (χ1) is 8.24. The first-order valence-electron chi connectivity index (χ1n) is 5.64. The predicted molar refractivity (Wildman–Crippen MR) is 65.2 cm³/mol. The van der Waals surface area contributed by atoms with E-state index in [2.05, 4.69) is 4.98 Å². The molecule has 0 bridgehead atoms. The third kappa shape index (κ3) is 2.96. The Balaban J connectivity index is 2.13. The van der Waals surface area contributed by atoms with Gasteiger partial charge in [-0.3, -0.25) is 4.79 Å². The zero-order chi connectivity index (χ0) is 12.3. The van der Waals surface area contributed by atoms with Crippen molar-refractivity contribution in [3.8, 4) is 0 Å². The Morgan fingerprint density at radius 1 is 1.65 bits per heavy atom. The molecule has 0 N–H and O–H groups in total. The van der Waals surface area contributed by atoms with Gasteiger partial charge < -0.3 is 9.64 Å². The molecule has 1 amide bonds. The maximum absolute atomic E-state index is 12.3. The third-order valence-electron chi connectivity index (χ3n) is 2.77. The second kappa shape index (κ2) is 5.47. The van der Waals surface area contributed by atoms with Gasteiger partial charge in [0, 0.05) is 25.9 Å². The summed E-state index contributed by atoms with van der Waals surface area (Å²) >= 11 is 5.93. The summed E-state index contributed by atoms with van der Waals surface area (Å²) in [6.45, 7) is 1.14. The van der Waals surface area contributed by atoms with Gasteiger partial charge in [0.25, 0.3) is 5.91 Å². The fraction of sp³-hybridized carbons (Fsp3) is 0.500. The summed E-state index contributed by atoms with van der Waals surface area (Å²) < 4.78 is 5.02. The number of aromatic nitrogens is 1. The van der Waals surface area contributed by atoms with Crippen molar-refractivity contribution in [2.24, 2.45) is 0 Å². The van der Waals surface area contributed by atoms with Gasteiger partial charge in [-0.25, -0.2) is 4.98 Å². The van der Waals surface area contributed by atoms with Gasteiger partial charge >= 0.3 is 0 Å². The van der Waals surface area contributed by atoms with Crippen LogP contribution < -0.4 is 0 Å². The van der Waals surface area contributed by atoms with Crippen LogP contribution in [0.15, 0.2) is 18.3 Å². The summed E-state index contributed by atoms with van der Waals surface area (Å²) in [6.07, 6.45) is 3.70. The van der Waals surface area contributed by atoms with Crippen LogP contribution in [0.25, 0.3) is 0 Å². The quantitative estimate of drug-likeness (QED) is 0.755. The van der Waals surface area contributed by atoms with E-state index >= 15 is 0 Å². The lowest BCUT2D eigenvalue weighted by Crippen LogP contribution is -2.36. The molecule has 1 saturated carbocycles. The Bertz CT molecular complexity index is 407. The molecule has 5 heteroatoms. The maximum atomic E-state index is 12.3. The highest BCUT2D eigenvalue weighted by Gasteiger charge is 2.33. The number of hydrogen-bond acceptors (Lipinski definition) is 3. The van der Waals surface area contributed by atoms with Crippen LogP contribution in [-0.2, 0) is 4.74 Å². The smallest absolute Gasteiger partial charge is 0.257 e. The highest BCUT2D eigenvalue weighted by Crippen LogP contribution is 2.29. The van der Waals surface area contributed by atoms with E-state index in [1.54, 1.807) is 25.4 Å². The second-order valence-electron chi connectivity index (χ2n) is 4.06. The molecule has 17 heavy (non-hydrogen) atoms. The molecular formula is C12H15ClN2O2. The van der Waals surface area contributed by atoms with Crippen LogP contribution >= 0.6 is 11.6 Å². The van der Waals surface area contributed by atoms with Gasteiger partial charge in [-0.2, -0.15) is 0 Å². The van der Waals surface area contributed by atoms with Crippen molar-refractivity contribution in [3.63, 3.8) is 0 Å². The van der Waals surface area contributed by atoms with Crippen molar-refractivity contribution in [1.82, 2.24) is 9.88 Å². The summed E-state index contributed by atoms with van der Waals surface area (Å²) in [7, 11) is 1.63. The van der Waals surface area contributed by atoms with Gasteiger partial charge in [-0.15, -0.1) is 0 Å². The molecular weight excluding hydrogens is 240 g/mol. The van der Waals surface area contributed by atoms with Crippen molar-refractivity contribution >= 4 is 17.5 Å². The Hall–Kier alpha value is -1.13. The van der Waals surface area contributed by atoms with Crippen molar-refractivity contribution in [1.29, 1.82) is 0 Å². The Morgan fingerprint density at radius 2 is 2.41 bits per heavy atom. The molecule has 4 nitrogen and oxygen atoms in total. The average molecular weight is 255 g/mol. The van der Waals surface area contributed by atoms with Gasteiger partial charge in [0.05, 0.1) is 12.2 Å². The van der Waals surface area contributed by atoms with Crippen molar-refractivity contribution in [2.75, 3.05) is 20.3 Å². The van der Waals surface area contributed by atoms with E-state index in [4.69, 9.17) is 16.3 Å². The lowest BCUT2D eigenvalue weighted by Gasteiger charge is -2.22. The number of pyridine rings is 1. The molecule has 2 rings (SSSR count). The summed E-state index contributed by atoms with van der Waals surface area (Å²) in [4.78, 5) is 18.1. The van der Waals surface area contributed by atoms with Crippen molar-refractivity contribution in [2.45, 2.75) is 18.9 Å². The zero-order valence-electron chi connectivity index (χ0n) is 9.73. The van der Waals surface area contributed by atoms with Crippen LogP contribution in [0, 0.1) is 0 Å². The molecule has 0 atom stereocenters. The van der Waals surface area contributed by atoms with Gasteiger partial charge in [-0.05, 0) is 25.0 Å². The van der Waals surface area contributed by atoms with Crippen molar-refractivity contribution in [3.05, 3.63) is 29.0 Å². The minimum absolute atomic E-state index is 0.0531. The average Bonchev–Trinajstić information content (AvgIpc) is 3.14. The SMILES string of the molecule is COCCN(C(=O)c1cccnc1Cl)C1CC1. The van der Waals surface area contributed by atoms with Crippen molar-refractivity contribution < 1.29 is 9.53 Å². The lowest BCUT2D eigenvalue weighted by atomic mass is 10.2. The number of hydrogen-bond donors (Lipinski definition) is 0. The number of nitrogens with zero attached hydrogens (tertiary/aromatic N) is 2. The van der Waals surface area contributed by atoms with Crippen LogP contribution in [-0.4, -0.2) is 42.1 Å². The fourth-order valence-corrected chi connectivity index (χ4v) is 1.93. The number of carbonyl (C=O) groups excluding carboxylic acids is 1. The molecule has 1 aromatic heterocycles. The standard InChI is InChI=1S/C12H15ClN2O2/c1-17-8-7-15(9-4-5-9)12(16)10-3-2-6-14-11(10)13/h2-3,6,9H,4-5,7-8H2,1H3. The minimum atomic E-state index is -0.0531. The highest BCUT2D eigenvalue weighted by atomic mass is 35.5. The molecule has 0 spiro atoms. The Labute approximate surface area is 106 Å². The molecule has 0 aromatic carbocycles. The number of carbonyl (C=O) groups is 1. The molecule has 1 aliphatic carbocycles. The Morgan fingerprint density at radius 3 is 3.00 bits per heavy atom. The summed E-state index contributed by atoms with van der Waals surface area (Å²) in [5, 5.41) is 0.264. The summed E-state index contributed by atoms with van der Waals surface area (Å²) in [5.41, 5.74) is 0.470. The topological polar surface area (TPSA) is 42.4 Å². The van der Waals surface area contributed by atoms with E-state index < -0.39 is 0 Å². The first-order valence-corrected chi connectivity index (χ1v) is 6.02. The van der Waals surface area contributed by atoms with E-state index in [0.29, 0.717) is 24.8 Å². The molecule has 92 valence electrons. The number of ether oxygens (including phenoxy) is 1. The monoisotopic (exact) mass is 254 g/mol.